The third-order valence-corrected chi connectivity index (χ3v) is 13.8. The number of fused-ring (bicyclic) bond motifs is 4. The molecule has 0 saturated carbocycles. The van der Waals surface area contributed by atoms with E-state index in [0.717, 1.165) is 74.4 Å². The van der Waals surface area contributed by atoms with Crippen LogP contribution in [-0.4, -0.2) is 87.9 Å². The number of imide groups is 1. The molecule has 4 aromatic carbocycles. The van der Waals surface area contributed by atoms with Crippen molar-refractivity contribution >= 4 is 74.5 Å². The van der Waals surface area contributed by atoms with Gasteiger partial charge in [-0.3, -0.25) is 28.9 Å². The maximum absolute atomic E-state index is 13.5. The number of Topliss-reactive ketones (excluding diaryl/α,β-unsaturated/α-hetero) is 1. The van der Waals surface area contributed by atoms with Crippen LogP contribution in [0.1, 0.15) is 76.6 Å². The van der Waals surface area contributed by atoms with Crippen molar-refractivity contribution in [3.05, 3.63) is 136 Å². The van der Waals surface area contributed by atoms with E-state index in [-0.39, 0.29) is 54.8 Å². The zero-order valence-corrected chi connectivity index (χ0v) is 38.5. The number of aliphatic carboxylic acids is 2. The Balaban J connectivity index is 1.08. The molecule has 2 amide bonds. The van der Waals surface area contributed by atoms with Gasteiger partial charge < -0.3 is 30.0 Å². The summed E-state index contributed by atoms with van der Waals surface area (Å²) in [6.45, 7) is 14.3. The van der Waals surface area contributed by atoms with E-state index in [1.807, 2.05) is 62.4 Å². The van der Waals surface area contributed by atoms with E-state index in [1.165, 1.54) is 6.08 Å². The summed E-state index contributed by atoms with van der Waals surface area (Å²) in [5.41, 5.74) is 6.03. The molecule has 1 unspecified atom stereocenters. The number of amides is 2. The summed E-state index contributed by atoms with van der Waals surface area (Å²) in [4.78, 5) is 70.9. The van der Waals surface area contributed by atoms with Gasteiger partial charge in [0.15, 0.2) is 5.78 Å². The minimum absolute atomic E-state index is 0.0228. The van der Waals surface area contributed by atoms with Crippen molar-refractivity contribution in [2.45, 2.75) is 77.7 Å². The normalized spacial score (nSPS) is 18.8. The summed E-state index contributed by atoms with van der Waals surface area (Å²) < 4.78 is 0. The van der Waals surface area contributed by atoms with Crippen LogP contribution in [0.2, 0.25) is 0 Å². The molecule has 0 aliphatic carbocycles. The first-order valence-electron chi connectivity index (χ1n) is 22.0. The molecule has 13 heteroatoms. The number of carboxylic acid groups (broad SMARTS) is 2. The molecule has 12 nitrogen and oxygen atoms in total. The summed E-state index contributed by atoms with van der Waals surface area (Å²) >= 11 is 0.762. The number of thioether (sulfide) groups is 1. The molecule has 3 aliphatic heterocycles. The van der Waals surface area contributed by atoms with Gasteiger partial charge in [-0.15, -0.1) is 0 Å². The fraction of sp³-hybridized carbons (Fsp3) is 0.327. The number of rotatable bonds is 17. The number of carbonyl (C=O) groups excluding carboxylic acids is 3. The molecule has 1 fully saturated rings. The first kappa shape index (κ1) is 46.4. The molecule has 1 atom stereocenters. The molecule has 3 N–H and O–H groups in total. The highest BCUT2D eigenvalue weighted by Gasteiger charge is 2.44. The highest BCUT2D eigenvalue weighted by atomic mass is 32.2. The second-order valence-electron chi connectivity index (χ2n) is 17.7. The quantitative estimate of drug-likeness (QED) is 0.0864. The predicted molar refractivity (Wildman–Crippen MR) is 259 cm³/mol. The van der Waals surface area contributed by atoms with Gasteiger partial charge in [-0.05, 0) is 89.5 Å². The first-order chi connectivity index (χ1) is 31.0. The fourth-order valence-electron chi connectivity index (χ4n) is 9.52. The van der Waals surface area contributed by atoms with Crippen LogP contribution in [0.15, 0.2) is 114 Å². The lowest BCUT2D eigenvalue weighted by Gasteiger charge is -2.32. The van der Waals surface area contributed by atoms with Gasteiger partial charge in [0.05, 0.1) is 30.3 Å². The molecule has 0 aromatic heterocycles. The minimum atomic E-state index is -0.923. The van der Waals surface area contributed by atoms with Crippen LogP contribution in [0.4, 0.5) is 21.9 Å². The molecule has 0 radical (unpaired) electrons. The topological polar surface area (TPSA) is 159 Å². The lowest BCUT2D eigenvalue weighted by Crippen LogP contribution is -2.41. The van der Waals surface area contributed by atoms with Crippen LogP contribution in [-0.2, 0) is 36.4 Å². The predicted octanol–water partition coefficient (Wildman–Crippen LogP) is 9.45. The third kappa shape index (κ3) is 9.33. The van der Waals surface area contributed by atoms with E-state index in [1.54, 1.807) is 24.3 Å². The number of hydrogen-bond donors (Lipinski definition) is 3. The zero-order valence-electron chi connectivity index (χ0n) is 37.7. The lowest BCUT2D eigenvalue weighted by molar-refractivity contribution is -0.137. The number of nitrogens with zero attached hydrogens (tertiary/aromatic N) is 4. The maximum Gasteiger partial charge on any atom is 0.305 e. The monoisotopic (exact) mass is 896 g/mol. The first-order valence-corrected chi connectivity index (χ1v) is 22.8. The number of phenolic OH excluding ortho intramolecular Hbond substituents is 1. The smallest absolute Gasteiger partial charge is 0.305 e. The molecular weight excluding hydrogens is 841 g/mol. The van der Waals surface area contributed by atoms with Crippen molar-refractivity contribution in [1.29, 1.82) is 0 Å². The van der Waals surface area contributed by atoms with Crippen LogP contribution >= 0.6 is 11.8 Å². The van der Waals surface area contributed by atoms with Gasteiger partial charge in [0.2, 0.25) is 0 Å². The number of hydrogen-bond acceptors (Lipinski definition) is 10. The summed E-state index contributed by atoms with van der Waals surface area (Å²) in [5, 5.41) is 31.7. The van der Waals surface area contributed by atoms with Crippen LogP contribution in [0.5, 0.6) is 5.75 Å². The van der Waals surface area contributed by atoms with Crippen LogP contribution in [0.3, 0.4) is 0 Å². The van der Waals surface area contributed by atoms with E-state index in [4.69, 9.17) is 0 Å². The molecular formula is C52H56N4O8S. The van der Waals surface area contributed by atoms with Crippen molar-refractivity contribution in [1.82, 2.24) is 4.90 Å². The number of anilines is 3. The van der Waals surface area contributed by atoms with Gasteiger partial charge >= 0.3 is 11.9 Å². The van der Waals surface area contributed by atoms with Crippen LogP contribution in [0.25, 0.3) is 16.8 Å². The average Bonchev–Trinajstić information content (AvgIpc) is 3.74. The zero-order chi connectivity index (χ0) is 46.8. The molecule has 65 heavy (non-hydrogen) atoms. The number of ketones is 1. The fourth-order valence-corrected chi connectivity index (χ4v) is 10.3. The number of benzene rings is 4. The molecule has 1 saturated heterocycles. The van der Waals surface area contributed by atoms with Gasteiger partial charge in [0, 0.05) is 77.8 Å². The molecule has 3 heterocycles. The van der Waals surface area contributed by atoms with Gasteiger partial charge in [-0.1, -0.05) is 94.5 Å². The van der Waals surface area contributed by atoms with E-state index in [2.05, 4.69) is 72.7 Å². The van der Waals surface area contributed by atoms with Gasteiger partial charge in [0.1, 0.15) is 5.75 Å². The summed E-state index contributed by atoms with van der Waals surface area (Å²) in [5.74, 6) is -2.59. The van der Waals surface area contributed by atoms with Crippen molar-refractivity contribution in [3.63, 3.8) is 0 Å². The minimum Gasteiger partial charge on any atom is -0.507 e. The molecule has 3 aliphatic rings. The summed E-state index contributed by atoms with van der Waals surface area (Å²) in [6.07, 6.45) is 10.7. The Morgan fingerprint density at radius 1 is 0.815 bits per heavy atom. The number of aromatic hydroxyl groups is 1. The second kappa shape index (κ2) is 18.9. The van der Waals surface area contributed by atoms with E-state index < -0.39 is 33.9 Å². The highest BCUT2D eigenvalue weighted by Crippen LogP contribution is 2.51. The number of allylic oxidation sites excluding steroid dienone is 5. The molecule has 4 aromatic rings. The van der Waals surface area contributed by atoms with E-state index in [9.17, 15) is 39.3 Å². The van der Waals surface area contributed by atoms with Crippen LogP contribution in [0, 0.1) is 0 Å². The summed E-state index contributed by atoms with van der Waals surface area (Å²) in [6, 6.07) is 23.2. The van der Waals surface area contributed by atoms with Gasteiger partial charge in [-0.25, -0.2) is 0 Å². The standard InChI is InChI=1S/C52H56N4O8S/c1-7-53(8-2)36-22-20-35(42(58)31-36)14-11-16-43-49(63)56(50(64)65-43)32-37(57)29-33-19-23-40-39(30-33)51(3,4)44(54(40)27-25-46(59)60)17-12-18-45-52(5,6)48-38-15-10-9-13-34(38)21-24-41(48)55(45)28-26-47(61)62/h9-24,30-31,44,58H,7-8,25-29,32H2,1-6H3,(H,59,60)(H,61,62)/b14-11+,17-12+,43-16+,45-18+. The Bertz CT molecular complexity index is 2690. The Morgan fingerprint density at radius 3 is 2.23 bits per heavy atom. The molecule has 0 spiro atoms. The molecule has 7 rings (SSSR count). The Morgan fingerprint density at radius 2 is 1.52 bits per heavy atom. The Labute approximate surface area is 384 Å². The van der Waals surface area contributed by atoms with E-state index in [0.29, 0.717) is 17.7 Å². The SMILES string of the molecule is CCN(CC)c1ccc(/C=C/C=C2/SC(=O)N(CC(=O)Cc3ccc4c(c3)C(C)(C)C(/C=C/C=C3/N(CCC(=O)O)c5ccc6ccccc6c5C3(C)C)N4CCC(=O)O)C2=O)c(O)c1. The Hall–Kier alpha value is -6.60. The molecule has 0 bridgehead atoms. The third-order valence-electron chi connectivity index (χ3n) is 12.8. The number of carboxylic acids is 2. The maximum atomic E-state index is 13.5. The molecule has 338 valence electrons. The van der Waals surface area contributed by atoms with Crippen LogP contribution < -0.4 is 14.7 Å². The summed E-state index contributed by atoms with van der Waals surface area (Å²) in [7, 11) is 0. The number of phenols is 1. The average molecular weight is 897 g/mol. The number of carbonyl (C=O) groups is 5. The Kier molecular flexibility index (Phi) is 13.5. The van der Waals surface area contributed by atoms with Crippen molar-refractivity contribution in [2.24, 2.45) is 0 Å². The second-order valence-corrected chi connectivity index (χ2v) is 18.7. The van der Waals surface area contributed by atoms with Crippen molar-refractivity contribution in [2.75, 3.05) is 47.4 Å². The van der Waals surface area contributed by atoms with Crippen molar-refractivity contribution in [3.8, 4) is 5.75 Å². The van der Waals surface area contributed by atoms with Crippen molar-refractivity contribution < 1.29 is 39.3 Å². The lowest BCUT2D eigenvalue weighted by atomic mass is 9.79. The van der Waals surface area contributed by atoms with Gasteiger partial charge in [-0.2, -0.15) is 0 Å². The largest absolute Gasteiger partial charge is 0.507 e. The van der Waals surface area contributed by atoms with E-state index >= 15 is 0 Å². The highest BCUT2D eigenvalue weighted by molar-refractivity contribution is 8.18. The van der Waals surface area contributed by atoms with Gasteiger partial charge in [0.25, 0.3) is 11.1 Å².